The van der Waals surface area contributed by atoms with E-state index in [2.05, 4.69) is 17.6 Å². The zero-order chi connectivity index (χ0) is 15.4. The second kappa shape index (κ2) is 6.55. The van der Waals surface area contributed by atoms with E-state index in [1.165, 1.54) is 5.56 Å². The molecule has 21 heavy (non-hydrogen) atoms. The average Bonchev–Trinajstić information content (AvgIpc) is 2.49. The van der Waals surface area contributed by atoms with Crippen molar-refractivity contribution in [2.45, 2.75) is 26.8 Å². The Bertz CT molecular complexity index is 649. The fourth-order valence-corrected chi connectivity index (χ4v) is 2.14. The van der Waals surface area contributed by atoms with Crippen LogP contribution in [0.3, 0.4) is 0 Å². The first-order chi connectivity index (χ1) is 10.0. The van der Waals surface area contributed by atoms with Gasteiger partial charge in [-0.2, -0.15) is 0 Å². The minimum Gasteiger partial charge on any atom is -0.322 e. The van der Waals surface area contributed by atoms with Crippen LogP contribution in [0.1, 0.15) is 40.0 Å². The Hall–Kier alpha value is -2.13. The highest BCUT2D eigenvalue weighted by molar-refractivity contribution is 6.04. The molecule has 1 unspecified atom stereocenters. The number of anilines is 1. The summed E-state index contributed by atoms with van der Waals surface area (Å²) in [5, 5.41) is 6.15. The number of carbonyl (C=O) groups is 1. The number of hydrogen-bond donors (Lipinski definition) is 2. The van der Waals surface area contributed by atoms with Gasteiger partial charge < -0.3 is 10.6 Å². The van der Waals surface area contributed by atoms with Crippen molar-refractivity contribution in [1.29, 1.82) is 0 Å². The molecule has 2 rings (SSSR count). The lowest BCUT2D eigenvalue weighted by molar-refractivity contribution is 0.102. The van der Waals surface area contributed by atoms with Crippen LogP contribution in [-0.2, 0) is 0 Å². The molecule has 3 heteroatoms. The number of carbonyl (C=O) groups excluding carboxylic acids is 1. The Balaban J connectivity index is 2.17. The van der Waals surface area contributed by atoms with Gasteiger partial charge in [0, 0.05) is 17.3 Å². The first kappa shape index (κ1) is 15.3. The lowest BCUT2D eigenvalue weighted by atomic mass is 10.1. The predicted octanol–water partition coefficient (Wildman–Crippen LogP) is 3.84. The maximum Gasteiger partial charge on any atom is 0.255 e. The molecule has 1 amide bonds. The third kappa shape index (κ3) is 3.70. The molecule has 0 saturated carbocycles. The van der Waals surface area contributed by atoms with Crippen LogP contribution < -0.4 is 10.6 Å². The van der Waals surface area contributed by atoms with E-state index in [1.54, 1.807) is 0 Å². The van der Waals surface area contributed by atoms with E-state index >= 15 is 0 Å². The van der Waals surface area contributed by atoms with Crippen LogP contribution in [0.15, 0.2) is 42.5 Å². The summed E-state index contributed by atoms with van der Waals surface area (Å²) in [6, 6.07) is 13.9. The van der Waals surface area contributed by atoms with E-state index in [4.69, 9.17) is 0 Å². The van der Waals surface area contributed by atoms with Crippen molar-refractivity contribution >= 4 is 11.6 Å². The minimum absolute atomic E-state index is 0.0765. The largest absolute Gasteiger partial charge is 0.322 e. The molecular formula is C18H22N2O. The number of nitrogens with one attached hydrogen (secondary N) is 2. The zero-order valence-electron chi connectivity index (χ0n) is 13.0. The molecule has 1 atom stereocenters. The van der Waals surface area contributed by atoms with Crippen LogP contribution in [-0.4, -0.2) is 13.0 Å². The van der Waals surface area contributed by atoms with Gasteiger partial charge in [-0.05, 0) is 68.8 Å². The van der Waals surface area contributed by atoms with Crippen molar-refractivity contribution < 1.29 is 4.79 Å². The van der Waals surface area contributed by atoms with Crippen LogP contribution in [0.4, 0.5) is 5.69 Å². The van der Waals surface area contributed by atoms with Gasteiger partial charge in [0.25, 0.3) is 5.91 Å². The SMILES string of the molecule is CNC(C)c1cccc(NC(=O)c2ccc(C)c(C)c2)c1. The lowest BCUT2D eigenvalue weighted by Gasteiger charge is -2.13. The number of hydrogen-bond acceptors (Lipinski definition) is 2. The first-order valence-electron chi connectivity index (χ1n) is 7.17. The summed E-state index contributed by atoms with van der Waals surface area (Å²) in [4.78, 5) is 12.3. The van der Waals surface area contributed by atoms with Gasteiger partial charge in [-0.15, -0.1) is 0 Å². The van der Waals surface area contributed by atoms with Crippen LogP contribution >= 0.6 is 0 Å². The Kier molecular flexibility index (Phi) is 4.76. The molecule has 0 aliphatic rings. The van der Waals surface area contributed by atoms with Crippen molar-refractivity contribution in [3.63, 3.8) is 0 Å². The third-order valence-corrected chi connectivity index (χ3v) is 3.85. The molecular weight excluding hydrogens is 260 g/mol. The van der Waals surface area contributed by atoms with E-state index in [0.717, 1.165) is 16.8 Å². The van der Waals surface area contributed by atoms with E-state index < -0.39 is 0 Å². The molecule has 0 radical (unpaired) electrons. The van der Waals surface area contributed by atoms with Gasteiger partial charge in [-0.1, -0.05) is 18.2 Å². The summed E-state index contributed by atoms with van der Waals surface area (Å²) >= 11 is 0. The number of aryl methyl sites for hydroxylation is 2. The molecule has 0 saturated heterocycles. The number of amides is 1. The van der Waals surface area contributed by atoms with Gasteiger partial charge in [-0.3, -0.25) is 4.79 Å². The van der Waals surface area contributed by atoms with Crippen LogP contribution in [0, 0.1) is 13.8 Å². The van der Waals surface area contributed by atoms with Gasteiger partial charge >= 0.3 is 0 Å². The van der Waals surface area contributed by atoms with Crippen molar-refractivity contribution in [2.75, 3.05) is 12.4 Å². The predicted molar refractivity (Wildman–Crippen MR) is 87.8 cm³/mol. The molecule has 0 bridgehead atoms. The maximum atomic E-state index is 12.3. The molecule has 0 fully saturated rings. The smallest absolute Gasteiger partial charge is 0.255 e. The average molecular weight is 282 g/mol. The third-order valence-electron chi connectivity index (χ3n) is 3.85. The van der Waals surface area contributed by atoms with Gasteiger partial charge in [0.1, 0.15) is 0 Å². The molecule has 0 aromatic heterocycles. The molecule has 0 heterocycles. The normalized spacial score (nSPS) is 12.0. The summed E-state index contributed by atoms with van der Waals surface area (Å²) in [5.41, 5.74) is 4.97. The Labute approximate surface area is 126 Å². The van der Waals surface area contributed by atoms with Gasteiger partial charge in [0.15, 0.2) is 0 Å². The van der Waals surface area contributed by atoms with Gasteiger partial charge in [-0.25, -0.2) is 0 Å². The molecule has 3 nitrogen and oxygen atoms in total. The zero-order valence-corrected chi connectivity index (χ0v) is 13.0. The highest BCUT2D eigenvalue weighted by Gasteiger charge is 2.08. The quantitative estimate of drug-likeness (QED) is 0.894. The monoisotopic (exact) mass is 282 g/mol. The summed E-state index contributed by atoms with van der Waals surface area (Å²) < 4.78 is 0. The topological polar surface area (TPSA) is 41.1 Å². The highest BCUT2D eigenvalue weighted by Crippen LogP contribution is 2.18. The minimum atomic E-state index is -0.0765. The highest BCUT2D eigenvalue weighted by atomic mass is 16.1. The molecule has 110 valence electrons. The summed E-state index contributed by atoms with van der Waals surface area (Å²) in [5.74, 6) is -0.0765. The second-order valence-electron chi connectivity index (χ2n) is 5.39. The van der Waals surface area contributed by atoms with E-state index in [1.807, 2.05) is 63.4 Å². The summed E-state index contributed by atoms with van der Waals surface area (Å²) in [6.45, 7) is 6.14. The molecule has 2 N–H and O–H groups in total. The van der Waals surface area contributed by atoms with Crippen molar-refractivity contribution in [3.8, 4) is 0 Å². The number of rotatable bonds is 4. The Morgan fingerprint density at radius 3 is 2.48 bits per heavy atom. The van der Waals surface area contributed by atoms with E-state index in [-0.39, 0.29) is 11.9 Å². The standard InChI is InChI=1S/C18H22N2O/c1-12-8-9-16(10-13(12)2)18(21)20-17-7-5-6-15(11-17)14(3)19-4/h5-11,14,19H,1-4H3,(H,20,21). The van der Waals surface area contributed by atoms with E-state index in [0.29, 0.717) is 5.56 Å². The number of benzene rings is 2. The molecule has 2 aromatic carbocycles. The van der Waals surface area contributed by atoms with Crippen LogP contribution in [0.5, 0.6) is 0 Å². The van der Waals surface area contributed by atoms with Crippen molar-refractivity contribution in [3.05, 3.63) is 64.7 Å². The van der Waals surface area contributed by atoms with Crippen LogP contribution in [0.2, 0.25) is 0 Å². The van der Waals surface area contributed by atoms with Gasteiger partial charge in [0.2, 0.25) is 0 Å². The first-order valence-corrected chi connectivity index (χ1v) is 7.17. The van der Waals surface area contributed by atoms with Crippen molar-refractivity contribution in [1.82, 2.24) is 5.32 Å². The summed E-state index contributed by atoms with van der Waals surface area (Å²) in [7, 11) is 1.92. The lowest BCUT2D eigenvalue weighted by Crippen LogP contribution is -2.14. The molecule has 0 aliphatic carbocycles. The fourth-order valence-electron chi connectivity index (χ4n) is 2.14. The van der Waals surface area contributed by atoms with Crippen molar-refractivity contribution in [2.24, 2.45) is 0 Å². The maximum absolute atomic E-state index is 12.3. The molecule has 2 aromatic rings. The molecule has 0 aliphatic heterocycles. The van der Waals surface area contributed by atoms with E-state index in [9.17, 15) is 4.79 Å². The molecule has 0 spiro atoms. The Morgan fingerprint density at radius 2 is 1.81 bits per heavy atom. The van der Waals surface area contributed by atoms with Gasteiger partial charge in [0.05, 0.1) is 0 Å². The Morgan fingerprint density at radius 1 is 1.05 bits per heavy atom. The van der Waals surface area contributed by atoms with Crippen LogP contribution in [0.25, 0.3) is 0 Å². The summed E-state index contributed by atoms with van der Waals surface area (Å²) in [6.07, 6.45) is 0. The fraction of sp³-hybridized carbons (Fsp3) is 0.278. The second-order valence-corrected chi connectivity index (χ2v) is 5.39.